The maximum atomic E-state index is 14.1. The Morgan fingerprint density at radius 3 is 2.21 bits per heavy atom. The summed E-state index contributed by atoms with van der Waals surface area (Å²) in [5.74, 6) is -0.793. The van der Waals surface area contributed by atoms with E-state index in [4.69, 9.17) is 0 Å². The summed E-state index contributed by atoms with van der Waals surface area (Å²) in [4.78, 5) is 55.0. The number of thiophene rings is 1. The fourth-order valence-corrected chi connectivity index (χ4v) is 6.80. The lowest BCUT2D eigenvalue weighted by Gasteiger charge is -2.45. The number of ketones is 1. The molecule has 2 N–H and O–H groups in total. The summed E-state index contributed by atoms with van der Waals surface area (Å²) in [5.41, 5.74) is -0.998. The maximum Gasteiger partial charge on any atom is 0.408 e. The Kier molecular flexibility index (Phi) is 6.64. The highest BCUT2D eigenvalue weighted by atomic mass is 32.1. The first-order chi connectivity index (χ1) is 18.6. The number of carbonyl (C=O) groups is 3. The third kappa shape index (κ3) is 4.32. The molecule has 5 rings (SSSR count). The molecule has 2 amide bonds. The molecule has 0 bridgehead atoms. The summed E-state index contributed by atoms with van der Waals surface area (Å²) >= 11 is 1.13. The maximum absolute atomic E-state index is 14.1. The van der Waals surface area contributed by atoms with Gasteiger partial charge in [0.2, 0.25) is 0 Å². The Balaban J connectivity index is 1.73. The van der Waals surface area contributed by atoms with Gasteiger partial charge in [-0.1, -0.05) is 80.6 Å². The molecule has 1 aliphatic heterocycles. The molecule has 200 valence electrons. The number of nitrogens with zero attached hydrogens (tertiary/aromatic N) is 2. The van der Waals surface area contributed by atoms with E-state index in [0.29, 0.717) is 34.3 Å². The lowest BCUT2D eigenvalue weighted by atomic mass is 9.71. The Morgan fingerprint density at radius 1 is 0.949 bits per heavy atom. The average molecular weight is 544 g/mol. The Hall–Kier alpha value is -4.24. The van der Waals surface area contributed by atoms with E-state index in [1.807, 2.05) is 45.0 Å². The number of aromatic nitrogens is 1. The number of rotatable bonds is 5. The van der Waals surface area contributed by atoms with Crippen LogP contribution in [-0.2, 0) is 4.79 Å². The molecule has 1 atom stereocenters. The molecule has 0 spiro atoms. The number of likely N-dealkylation sites (tertiary alicyclic amines) is 1. The fraction of sp³-hybridized carbons (Fsp3) is 0.267. The van der Waals surface area contributed by atoms with Gasteiger partial charge in [0.15, 0.2) is 5.78 Å². The predicted octanol–water partition coefficient (Wildman–Crippen LogP) is 5.78. The van der Waals surface area contributed by atoms with Gasteiger partial charge in [-0.25, -0.2) is 4.79 Å². The zero-order chi connectivity index (χ0) is 27.9. The smallest absolute Gasteiger partial charge is 0.408 e. The van der Waals surface area contributed by atoms with Crippen LogP contribution in [0, 0.1) is 5.41 Å². The van der Waals surface area contributed by atoms with Crippen molar-refractivity contribution in [2.75, 3.05) is 11.9 Å². The molecule has 1 fully saturated rings. The summed E-state index contributed by atoms with van der Waals surface area (Å²) < 4.78 is 1.52. The minimum absolute atomic E-state index is 0.246. The van der Waals surface area contributed by atoms with Gasteiger partial charge in [0.05, 0.1) is 11.3 Å². The molecule has 0 unspecified atom stereocenters. The van der Waals surface area contributed by atoms with Crippen molar-refractivity contribution in [3.8, 4) is 5.69 Å². The predicted molar refractivity (Wildman–Crippen MR) is 152 cm³/mol. The van der Waals surface area contributed by atoms with Crippen molar-refractivity contribution in [2.45, 2.75) is 39.2 Å². The molecule has 0 aliphatic carbocycles. The second-order valence-electron chi connectivity index (χ2n) is 10.7. The number of amides is 2. The number of benzene rings is 2. The molecule has 2 aromatic heterocycles. The topological polar surface area (TPSA) is 109 Å². The first-order valence-corrected chi connectivity index (χ1v) is 13.5. The number of para-hydroxylation sites is 1. The number of carbonyl (C=O) groups excluding carboxylic acids is 2. The molecule has 4 aromatic rings. The molecule has 0 saturated carbocycles. The summed E-state index contributed by atoms with van der Waals surface area (Å²) in [6.07, 6.45) is -0.254. The van der Waals surface area contributed by atoms with Crippen molar-refractivity contribution < 1.29 is 19.5 Å². The van der Waals surface area contributed by atoms with Crippen LogP contribution in [0.25, 0.3) is 15.9 Å². The van der Waals surface area contributed by atoms with Gasteiger partial charge >= 0.3 is 6.09 Å². The van der Waals surface area contributed by atoms with Crippen molar-refractivity contribution in [1.82, 2.24) is 9.47 Å². The van der Waals surface area contributed by atoms with Crippen molar-refractivity contribution >= 4 is 44.3 Å². The lowest BCUT2D eigenvalue weighted by molar-refractivity contribution is -0.131. The largest absolute Gasteiger partial charge is 0.465 e. The number of carboxylic acid groups (broad SMARTS) is 1. The average Bonchev–Trinajstić information content (AvgIpc) is 3.52. The molecule has 1 saturated heterocycles. The van der Waals surface area contributed by atoms with E-state index < -0.39 is 23.0 Å². The number of pyridine rings is 1. The number of nitrogens with one attached hydrogen (secondary N) is 1. The van der Waals surface area contributed by atoms with Gasteiger partial charge in [0.1, 0.15) is 15.4 Å². The zero-order valence-electron chi connectivity index (χ0n) is 21.9. The molecule has 1 aliphatic rings. The second-order valence-corrected chi connectivity index (χ2v) is 11.7. The van der Waals surface area contributed by atoms with E-state index in [1.54, 1.807) is 42.5 Å². The lowest BCUT2D eigenvalue weighted by Crippen LogP contribution is -2.62. The molecule has 9 heteroatoms. The normalized spacial score (nSPS) is 17.4. The van der Waals surface area contributed by atoms with Gasteiger partial charge < -0.3 is 10.4 Å². The van der Waals surface area contributed by atoms with Crippen LogP contribution in [0.5, 0.6) is 0 Å². The molecule has 2 aromatic carbocycles. The Bertz CT molecular complexity index is 1640. The van der Waals surface area contributed by atoms with Crippen molar-refractivity contribution in [3.05, 3.63) is 94.3 Å². The van der Waals surface area contributed by atoms with Gasteiger partial charge in [0, 0.05) is 23.6 Å². The van der Waals surface area contributed by atoms with Crippen LogP contribution in [0.1, 0.15) is 49.5 Å². The van der Waals surface area contributed by atoms with Gasteiger partial charge in [-0.2, -0.15) is 0 Å². The van der Waals surface area contributed by atoms with Crippen molar-refractivity contribution in [3.63, 3.8) is 0 Å². The third-order valence-corrected chi connectivity index (χ3v) is 8.58. The van der Waals surface area contributed by atoms with Crippen LogP contribution >= 0.6 is 11.3 Å². The highest BCUT2D eigenvalue weighted by Crippen LogP contribution is 2.46. The fourth-order valence-electron chi connectivity index (χ4n) is 5.59. The van der Waals surface area contributed by atoms with Gasteiger partial charge in [-0.3, -0.25) is 23.9 Å². The van der Waals surface area contributed by atoms with Crippen LogP contribution in [0.4, 0.5) is 9.80 Å². The van der Waals surface area contributed by atoms with E-state index in [-0.39, 0.29) is 28.5 Å². The SMILES string of the molecule is CC(C)(C)[C@@]1(C(=O)Nc2sc3c(ccc(=O)n3-c3ccccc3)c2C(=O)c2ccccc2)CCCN1C(=O)O. The standard InChI is InChI=1S/C30H29N3O5S/c1-29(2,3)30(17-10-18-32(30)28(37)38)27(36)31-25-23(24(35)19-11-6-4-7-12-19)21-15-16-22(34)33(26(21)39-25)20-13-8-5-9-14-20/h4-9,11-16H,10,17-18H2,1-3H3,(H,31,36)(H,37,38)/t30-/m0/s1. The summed E-state index contributed by atoms with van der Waals surface area (Å²) in [5, 5.41) is 13.7. The van der Waals surface area contributed by atoms with Crippen LogP contribution in [0.15, 0.2) is 77.6 Å². The van der Waals surface area contributed by atoms with Crippen LogP contribution in [0.2, 0.25) is 0 Å². The number of hydrogen-bond acceptors (Lipinski definition) is 5. The molecular formula is C30H29N3O5S. The first kappa shape index (κ1) is 26.4. The Morgan fingerprint density at radius 2 is 1.59 bits per heavy atom. The summed E-state index contributed by atoms with van der Waals surface area (Å²) in [6, 6.07) is 20.8. The molecule has 0 radical (unpaired) electrons. The second kappa shape index (κ2) is 9.81. The monoisotopic (exact) mass is 543 g/mol. The highest BCUT2D eigenvalue weighted by Gasteiger charge is 2.57. The first-order valence-electron chi connectivity index (χ1n) is 12.7. The molecule has 3 heterocycles. The Labute approximate surface area is 229 Å². The van der Waals surface area contributed by atoms with Crippen LogP contribution < -0.4 is 10.9 Å². The van der Waals surface area contributed by atoms with Crippen molar-refractivity contribution in [2.24, 2.45) is 5.41 Å². The van der Waals surface area contributed by atoms with E-state index in [1.165, 1.54) is 15.5 Å². The van der Waals surface area contributed by atoms with E-state index in [2.05, 4.69) is 5.32 Å². The van der Waals surface area contributed by atoms with Crippen LogP contribution in [-0.4, -0.2) is 44.4 Å². The number of hydrogen-bond donors (Lipinski definition) is 2. The van der Waals surface area contributed by atoms with E-state index in [9.17, 15) is 24.3 Å². The minimum atomic E-state index is -1.33. The third-order valence-electron chi connectivity index (χ3n) is 7.47. The number of fused-ring (bicyclic) bond motifs is 1. The van der Waals surface area contributed by atoms with E-state index in [0.717, 1.165) is 11.3 Å². The minimum Gasteiger partial charge on any atom is -0.465 e. The van der Waals surface area contributed by atoms with Gasteiger partial charge in [0.25, 0.3) is 11.5 Å². The zero-order valence-corrected chi connectivity index (χ0v) is 22.7. The van der Waals surface area contributed by atoms with Crippen LogP contribution in [0.3, 0.4) is 0 Å². The van der Waals surface area contributed by atoms with Crippen molar-refractivity contribution in [1.29, 1.82) is 0 Å². The molecular weight excluding hydrogens is 514 g/mol. The molecule has 39 heavy (non-hydrogen) atoms. The van der Waals surface area contributed by atoms with Gasteiger partial charge in [-0.15, -0.1) is 0 Å². The summed E-state index contributed by atoms with van der Waals surface area (Å²) in [6.45, 7) is 5.79. The number of anilines is 1. The van der Waals surface area contributed by atoms with E-state index >= 15 is 0 Å². The summed E-state index contributed by atoms with van der Waals surface area (Å²) in [7, 11) is 0. The molecule has 8 nitrogen and oxygen atoms in total. The van der Waals surface area contributed by atoms with Gasteiger partial charge in [-0.05, 0) is 36.5 Å². The quantitative estimate of drug-likeness (QED) is 0.310. The highest BCUT2D eigenvalue weighted by molar-refractivity contribution is 7.23.